The normalized spacial score (nSPS) is 10.7. The Balaban J connectivity index is 2.80. The van der Waals surface area contributed by atoms with Gasteiger partial charge in [-0.15, -0.1) is 0 Å². The molecule has 0 aliphatic heterocycles. The van der Waals surface area contributed by atoms with Crippen LogP contribution in [0.5, 0.6) is 5.75 Å². The summed E-state index contributed by atoms with van der Waals surface area (Å²) in [6.45, 7) is 7.95. The summed E-state index contributed by atoms with van der Waals surface area (Å²) in [5, 5.41) is 4.07. The maximum Gasteiger partial charge on any atom is 0.156 e. The highest BCUT2D eigenvalue weighted by atomic mass is 79.9. The Hall–Kier alpha value is -0.410. The van der Waals surface area contributed by atoms with Crippen molar-refractivity contribution in [3.63, 3.8) is 0 Å². The number of anilines is 1. The summed E-state index contributed by atoms with van der Waals surface area (Å²) in [5.74, 6) is 1.52. The van der Waals surface area contributed by atoms with Gasteiger partial charge in [-0.3, -0.25) is 0 Å². The summed E-state index contributed by atoms with van der Waals surface area (Å²) in [6, 6.07) is 3.75. The SMILES string of the molecule is CCOc1c(Br)cc(Cl)cc1NCCC(C)C. The molecule has 0 spiro atoms. The van der Waals surface area contributed by atoms with Crippen molar-refractivity contribution in [3.05, 3.63) is 21.6 Å². The third kappa shape index (κ3) is 4.76. The standard InChI is InChI=1S/C13H19BrClNO/c1-4-17-13-11(14)7-10(15)8-12(13)16-6-5-9(2)3/h7-9,16H,4-6H2,1-3H3. The molecule has 0 aliphatic rings. The topological polar surface area (TPSA) is 21.3 Å². The number of halogens is 2. The van der Waals surface area contributed by atoms with E-state index in [-0.39, 0.29) is 0 Å². The van der Waals surface area contributed by atoms with Crippen molar-refractivity contribution >= 4 is 33.2 Å². The molecule has 1 aromatic carbocycles. The van der Waals surface area contributed by atoms with Crippen molar-refractivity contribution in [3.8, 4) is 5.75 Å². The van der Waals surface area contributed by atoms with Gasteiger partial charge in [0.2, 0.25) is 0 Å². The molecule has 1 rings (SSSR count). The van der Waals surface area contributed by atoms with Crippen molar-refractivity contribution < 1.29 is 4.74 Å². The molecule has 0 fully saturated rings. The molecule has 0 radical (unpaired) electrons. The molecule has 0 aromatic heterocycles. The molecule has 0 saturated carbocycles. The Morgan fingerprint density at radius 3 is 2.71 bits per heavy atom. The fraction of sp³-hybridized carbons (Fsp3) is 0.538. The number of benzene rings is 1. The van der Waals surface area contributed by atoms with Crippen LogP contribution in [0.15, 0.2) is 16.6 Å². The second kappa shape index (κ2) is 7.12. The summed E-state index contributed by atoms with van der Waals surface area (Å²) >= 11 is 9.51. The van der Waals surface area contributed by atoms with E-state index in [0.717, 1.165) is 28.9 Å². The summed E-state index contributed by atoms with van der Waals surface area (Å²) in [5.41, 5.74) is 0.951. The van der Waals surface area contributed by atoms with Crippen LogP contribution in [0, 0.1) is 5.92 Å². The second-order valence-electron chi connectivity index (χ2n) is 4.31. The van der Waals surface area contributed by atoms with Gasteiger partial charge >= 0.3 is 0 Å². The maximum absolute atomic E-state index is 6.04. The Morgan fingerprint density at radius 2 is 2.12 bits per heavy atom. The highest BCUT2D eigenvalue weighted by Gasteiger charge is 2.09. The van der Waals surface area contributed by atoms with Crippen LogP contribution in [0.4, 0.5) is 5.69 Å². The maximum atomic E-state index is 6.04. The van der Waals surface area contributed by atoms with E-state index in [1.807, 2.05) is 19.1 Å². The van der Waals surface area contributed by atoms with Crippen molar-refractivity contribution in [2.45, 2.75) is 27.2 Å². The monoisotopic (exact) mass is 319 g/mol. The lowest BCUT2D eigenvalue weighted by atomic mass is 10.1. The molecule has 0 atom stereocenters. The number of hydrogen-bond donors (Lipinski definition) is 1. The Kier molecular flexibility index (Phi) is 6.14. The summed E-state index contributed by atoms with van der Waals surface area (Å²) in [7, 11) is 0. The molecule has 2 nitrogen and oxygen atoms in total. The number of ether oxygens (including phenoxy) is 1. The minimum Gasteiger partial charge on any atom is -0.491 e. The minimum absolute atomic E-state index is 0.638. The summed E-state index contributed by atoms with van der Waals surface area (Å²) in [6.07, 6.45) is 1.12. The van der Waals surface area contributed by atoms with Crippen molar-refractivity contribution in [1.82, 2.24) is 0 Å². The van der Waals surface area contributed by atoms with E-state index >= 15 is 0 Å². The molecule has 0 heterocycles. The smallest absolute Gasteiger partial charge is 0.156 e. The highest BCUT2D eigenvalue weighted by Crippen LogP contribution is 2.36. The number of rotatable bonds is 6. The molecule has 0 saturated heterocycles. The third-order valence-electron chi connectivity index (χ3n) is 2.33. The van der Waals surface area contributed by atoms with E-state index in [9.17, 15) is 0 Å². The zero-order valence-electron chi connectivity index (χ0n) is 10.5. The van der Waals surface area contributed by atoms with Gasteiger partial charge in [0.15, 0.2) is 5.75 Å². The quantitative estimate of drug-likeness (QED) is 0.800. The number of nitrogens with one attached hydrogen (secondary N) is 1. The fourth-order valence-electron chi connectivity index (χ4n) is 1.48. The van der Waals surface area contributed by atoms with Gasteiger partial charge in [-0.1, -0.05) is 25.4 Å². The fourth-order valence-corrected chi connectivity index (χ4v) is 2.40. The van der Waals surface area contributed by atoms with Gasteiger partial charge in [0.25, 0.3) is 0 Å². The van der Waals surface area contributed by atoms with Gasteiger partial charge in [0, 0.05) is 11.6 Å². The molecule has 1 aromatic rings. The van der Waals surface area contributed by atoms with Crippen LogP contribution < -0.4 is 10.1 Å². The van der Waals surface area contributed by atoms with Crippen LogP contribution in [0.1, 0.15) is 27.2 Å². The van der Waals surface area contributed by atoms with Crippen molar-refractivity contribution in [2.24, 2.45) is 5.92 Å². The van der Waals surface area contributed by atoms with Gasteiger partial charge in [-0.25, -0.2) is 0 Å². The predicted octanol–water partition coefficient (Wildman–Crippen LogP) is 4.96. The Bertz CT molecular complexity index is 369. The molecule has 1 N–H and O–H groups in total. The summed E-state index contributed by atoms with van der Waals surface area (Å²) in [4.78, 5) is 0. The van der Waals surface area contributed by atoms with E-state index in [0.29, 0.717) is 17.5 Å². The molecule has 0 aliphatic carbocycles. The molecule has 0 bridgehead atoms. The van der Waals surface area contributed by atoms with Gasteiger partial charge in [0.05, 0.1) is 16.8 Å². The van der Waals surface area contributed by atoms with Gasteiger partial charge in [0.1, 0.15) is 0 Å². The van der Waals surface area contributed by atoms with Gasteiger partial charge in [-0.05, 0) is 47.3 Å². The molecule has 17 heavy (non-hydrogen) atoms. The van der Waals surface area contributed by atoms with Crippen LogP contribution in [0.3, 0.4) is 0 Å². The second-order valence-corrected chi connectivity index (χ2v) is 5.60. The van der Waals surface area contributed by atoms with Crippen molar-refractivity contribution in [2.75, 3.05) is 18.5 Å². The molecular formula is C13H19BrClNO. The van der Waals surface area contributed by atoms with E-state index in [4.69, 9.17) is 16.3 Å². The zero-order valence-corrected chi connectivity index (χ0v) is 12.9. The van der Waals surface area contributed by atoms with Crippen LogP contribution >= 0.6 is 27.5 Å². The lowest BCUT2D eigenvalue weighted by molar-refractivity contribution is 0.339. The van der Waals surface area contributed by atoms with Gasteiger partial charge in [-0.2, -0.15) is 0 Å². The lowest BCUT2D eigenvalue weighted by Crippen LogP contribution is -2.07. The van der Waals surface area contributed by atoms with E-state index in [1.54, 1.807) is 0 Å². The van der Waals surface area contributed by atoms with Crippen molar-refractivity contribution in [1.29, 1.82) is 0 Å². The highest BCUT2D eigenvalue weighted by molar-refractivity contribution is 9.10. The minimum atomic E-state index is 0.638. The first-order valence-electron chi connectivity index (χ1n) is 5.90. The lowest BCUT2D eigenvalue weighted by Gasteiger charge is -2.15. The Morgan fingerprint density at radius 1 is 1.41 bits per heavy atom. The largest absolute Gasteiger partial charge is 0.491 e. The van der Waals surface area contributed by atoms with Gasteiger partial charge < -0.3 is 10.1 Å². The first-order chi connectivity index (χ1) is 8.04. The van der Waals surface area contributed by atoms with Crippen LogP contribution in [-0.2, 0) is 0 Å². The van der Waals surface area contributed by atoms with E-state index in [1.165, 1.54) is 0 Å². The third-order valence-corrected chi connectivity index (χ3v) is 3.14. The molecule has 0 amide bonds. The summed E-state index contributed by atoms with van der Waals surface area (Å²) < 4.78 is 6.50. The Labute approximate surface area is 117 Å². The average Bonchev–Trinajstić information content (AvgIpc) is 2.22. The van der Waals surface area contributed by atoms with E-state index < -0.39 is 0 Å². The molecule has 4 heteroatoms. The van der Waals surface area contributed by atoms with E-state index in [2.05, 4.69) is 35.1 Å². The van der Waals surface area contributed by atoms with Crippen LogP contribution in [0.2, 0.25) is 5.02 Å². The molecule has 96 valence electrons. The first-order valence-corrected chi connectivity index (χ1v) is 7.07. The first kappa shape index (κ1) is 14.7. The predicted molar refractivity (Wildman–Crippen MR) is 78.3 cm³/mol. The molecule has 0 unspecified atom stereocenters. The molecular weight excluding hydrogens is 302 g/mol. The average molecular weight is 321 g/mol. The zero-order chi connectivity index (χ0) is 12.8. The van der Waals surface area contributed by atoms with Crippen LogP contribution in [0.25, 0.3) is 0 Å². The van der Waals surface area contributed by atoms with Crippen LogP contribution in [-0.4, -0.2) is 13.2 Å². The number of hydrogen-bond acceptors (Lipinski definition) is 2.